The second kappa shape index (κ2) is 5.62. The number of thiophene rings is 1. The molecule has 1 aromatic heterocycles. The van der Waals surface area contributed by atoms with E-state index in [1.807, 2.05) is 13.1 Å². The zero-order valence-electron chi connectivity index (χ0n) is 9.83. The maximum Gasteiger partial charge on any atom is 0.332 e. The van der Waals surface area contributed by atoms with Crippen LogP contribution in [0.4, 0.5) is 0 Å². The van der Waals surface area contributed by atoms with Gasteiger partial charge in [-0.25, -0.2) is 4.79 Å². The summed E-state index contributed by atoms with van der Waals surface area (Å²) in [7, 11) is 2.04. The average Bonchev–Trinajstić information content (AvgIpc) is 2.88. The smallest absolute Gasteiger partial charge is 0.332 e. The van der Waals surface area contributed by atoms with E-state index in [1.54, 1.807) is 11.3 Å². The first-order valence-corrected chi connectivity index (χ1v) is 6.62. The molecule has 2 atom stereocenters. The summed E-state index contributed by atoms with van der Waals surface area (Å²) in [5.41, 5.74) is 0. The lowest BCUT2D eigenvalue weighted by Gasteiger charge is -2.20. The number of aliphatic carboxylic acids is 1. The lowest BCUT2D eigenvalue weighted by atomic mass is 10.2. The monoisotopic (exact) mass is 255 g/mol. The molecule has 1 aliphatic rings. The van der Waals surface area contributed by atoms with Gasteiger partial charge in [0.25, 0.3) is 0 Å². The van der Waals surface area contributed by atoms with E-state index in [-0.39, 0.29) is 6.10 Å². The van der Waals surface area contributed by atoms with E-state index in [2.05, 4.69) is 16.3 Å². The topological polar surface area (TPSA) is 49.8 Å². The molecule has 1 fully saturated rings. The van der Waals surface area contributed by atoms with Crippen LogP contribution in [0.15, 0.2) is 17.5 Å². The molecular formula is C12H17NO3S. The van der Waals surface area contributed by atoms with Crippen molar-refractivity contribution in [1.82, 2.24) is 4.90 Å². The molecule has 4 nitrogen and oxygen atoms in total. The lowest BCUT2D eigenvalue weighted by molar-refractivity contribution is -0.149. The molecule has 0 amide bonds. The zero-order chi connectivity index (χ0) is 12.3. The number of rotatable bonds is 5. The van der Waals surface area contributed by atoms with Crippen LogP contribution in [-0.2, 0) is 16.1 Å². The van der Waals surface area contributed by atoms with E-state index in [4.69, 9.17) is 9.84 Å². The molecule has 2 rings (SSSR count). The van der Waals surface area contributed by atoms with Crippen LogP contribution in [0.2, 0.25) is 0 Å². The highest BCUT2D eigenvalue weighted by Crippen LogP contribution is 2.21. The van der Waals surface area contributed by atoms with E-state index < -0.39 is 12.1 Å². The Morgan fingerprint density at radius 3 is 3.06 bits per heavy atom. The minimum atomic E-state index is -0.839. The molecule has 1 N–H and O–H groups in total. The van der Waals surface area contributed by atoms with E-state index in [1.165, 1.54) is 4.88 Å². The molecule has 1 aromatic rings. The third kappa shape index (κ3) is 3.52. The van der Waals surface area contributed by atoms with Gasteiger partial charge in [0.2, 0.25) is 0 Å². The number of hydrogen-bond donors (Lipinski definition) is 1. The van der Waals surface area contributed by atoms with Gasteiger partial charge in [-0.05, 0) is 31.3 Å². The summed E-state index contributed by atoms with van der Waals surface area (Å²) in [5, 5.41) is 10.9. The molecule has 0 bridgehead atoms. The summed E-state index contributed by atoms with van der Waals surface area (Å²) >= 11 is 1.74. The maximum absolute atomic E-state index is 10.8. The van der Waals surface area contributed by atoms with Gasteiger partial charge in [-0.3, -0.25) is 4.90 Å². The number of likely N-dealkylation sites (N-methyl/N-ethyl adjacent to an activating group) is 1. The predicted octanol–water partition coefficient (Wildman–Crippen LogP) is 1.81. The van der Waals surface area contributed by atoms with Crippen LogP contribution in [0.3, 0.4) is 0 Å². The molecule has 94 valence electrons. The fraction of sp³-hybridized carbons (Fsp3) is 0.583. The fourth-order valence-corrected chi connectivity index (χ4v) is 2.89. The van der Waals surface area contributed by atoms with E-state index in [0.717, 1.165) is 19.5 Å². The van der Waals surface area contributed by atoms with Gasteiger partial charge in [0.05, 0.1) is 6.10 Å². The van der Waals surface area contributed by atoms with Gasteiger partial charge in [0.15, 0.2) is 6.10 Å². The van der Waals surface area contributed by atoms with Gasteiger partial charge >= 0.3 is 5.97 Å². The Morgan fingerprint density at radius 1 is 1.65 bits per heavy atom. The van der Waals surface area contributed by atoms with Crippen molar-refractivity contribution in [3.63, 3.8) is 0 Å². The number of carboxylic acid groups (broad SMARTS) is 1. The highest BCUT2D eigenvalue weighted by atomic mass is 32.1. The molecule has 1 saturated heterocycles. The molecule has 17 heavy (non-hydrogen) atoms. The SMILES string of the molecule is CN(Cc1cccs1)CC1CCC(C(=O)O)O1. The van der Waals surface area contributed by atoms with Gasteiger partial charge < -0.3 is 9.84 Å². The van der Waals surface area contributed by atoms with E-state index in [9.17, 15) is 4.79 Å². The summed E-state index contributed by atoms with van der Waals surface area (Å²) in [6.07, 6.45) is 0.926. The molecular weight excluding hydrogens is 238 g/mol. The van der Waals surface area contributed by atoms with Crippen molar-refractivity contribution in [2.75, 3.05) is 13.6 Å². The molecule has 1 aliphatic heterocycles. The number of hydrogen-bond acceptors (Lipinski definition) is 4. The second-order valence-corrected chi connectivity index (χ2v) is 5.47. The van der Waals surface area contributed by atoms with Gasteiger partial charge in [0.1, 0.15) is 0 Å². The van der Waals surface area contributed by atoms with Crippen molar-refractivity contribution >= 4 is 17.3 Å². The molecule has 0 aromatic carbocycles. The Balaban J connectivity index is 1.76. The first-order chi connectivity index (χ1) is 8.15. The third-order valence-corrected chi connectivity index (χ3v) is 3.77. The molecule has 2 unspecified atom stereocenters. The number of nitrogens with zero attached hydrogens (tertiary/aromatic N) is 1. The standard InChI is InChI=1S/C12H17NO3S/c1-13(8-10-3-2-6-17-10)7-9-4-5-11(16-9)12(14)15/h2-3,6,9,11H,4-5,7-8H2,1H3,(H,14,15). The highest BCUT2D eigenvalue weighted by Gasteiger charge is 2.30. The van der Waals surface area contributed by atoms with Crippen LogP contribution in [0.1, 0.15) is 17.7 Å². The van der Waals surface area contributed by atoms with Crippen LogP contribution >= 0.6 is 11.3 Å². The summed E-state index contributed by atoms with van der Waals surface area (Å²) in [5.74, 6) is -0.839. The van der Waals surface area contributed by atoms with Crippen LogP contribution in [0, 0.1) is 0 Å². The van der Waals surface area contributed by atoms with Crippen molar-refractivity contribution in [2.45, 2.75) is 31.6 Å². The first kappa shape index (κ1) is 12.5. The Labute approximate surface area is 105 Å². The van der Waals surface area contributed by atoms with Crippen molar-refractivity contribution in [1.29, 1.82) is 0 Å². The summed E-state index contributed by atoms with van der Waals surface area (Å²) in [4.78, 5) is 14.3. The van der Waals surface area contributed by atoms with Gasteiger partial charge in [-0.1, -0.05) is 6.07 Å². The van der Waals surface area contributed by atoms with Crippen molar-refractivity contribution in [3.05, 3.63) is 22.4 Å². The molecule has 0 aliphatic carbocycles. The van der Waals surface area contributed by atoms with Crippen LogP contribution in [0.25, 0.3) is 0 Å². The highest BCUT2D eigenvalue weighted by molar-refractivity contribution is 7.09. The number of carbonyl (C=O) groups is 1. The zero-order valence-corrected chi connectivity index (χ0v) is 10.7. The Hall–Kier alpha value is -0.910. The first-order valence-electron chi connectivity index (χ1n) is 5.74. The Bertz CT molecular complexity index is 366. The van der Waals surface area contributed by atoms with Gasteiger partial charge in [0, 0.05) is 18.0 Å². The van der Waals surface area contributed by atoms with Crippen molar-refractivity contribution in [2.24, 2.45) is 0 Å². The minimum absolute atomic E-state index is 0.0565. The summed E-state index contributed by atoms with van der Waals surface area (Å²) < 4.78 is 5.47. The van der Waals surface area contributed by atoms with Gasteiger partial charge in [-0.15, -0.1) is 11.3 Å². The normalized spacial score (nSPS) is 24.4. The van der Waals surface area contributed by atoms with E-state index >= 15 is 0 Å². The fourth-order valence-electron chi connectivity index (χ4n) is 2.10. The minimum Gasteiger partial charge on any atom is -0.479 e. The summed E-state index contributed by atoms with van der Waals surface area (Å²) in [6.45, 7) is 1.69. The van der Waals surface area contributed by atoms with Crippen LogP contribution in [-0.4, -0.2) is 41.8 Å². The maximum atomic E-state index is 10.8. The number of ether oxygens (including phenoxy) is 1. The van der Waals surface area contributed by atoms with Crippen LogP contribution in [0.5, 0.6) is 0 Å². The molecule has 2 heterocycles. The lowest BCUT2D eigenvalue weighted by Crippen LogP contribution is -2.30. The Morgan fingerprint density at radius 2 is 2.47 bits per heavy atom. The van der Waals surface area contributed by atoms with Crippen LogP contribution < -0.4 is 0 Å². The Kier molecular flexibility index (Phi) is 4.15. The van der Waals surface area contributed by atoms with E-state index in [0.29, 0.717) is 6.42 Å². The largest absolute Gasteiger partial charge is 0.479 e. The molecule has 0 radical (unpaired) electrons. The average molecular weight is 255 g/mol. The quantitative estimate of drug-likeness (QED) is 0.872. The summed E-state index contributed by atoms with van der Waals surface area (Å²) in [6, 6.07) is 4.15. The predicted molar refractivity (Wildman–Crippen MR) is 66.2 cm³/mol. The molecule has 5 heteroatoms. The number of carboxylic acids is 1. The van der Waals surface area contributed by atoms with Crippen molar-refractivity contribution in [3.8, 4) is 0 Å². The molecule has 0 spiro atoms. The molecule has 0 saturated carbocycles. The second-order valence-electron chi connectivity index (χ2n) is 4.44. The third-order valence-electron chi connectivity index (χ3n) is 2.90. The van der Waals surface area contributed by atoms with Gasteiger partial charge in [-0.2, -0.15) is 0 Å². The van der Waals surface area contributed by atoms with Crippen molar-refractivity contribution < 1.29 is 14.6 Å².